The third-order valence-corrected chi connectivity index (χ3v) is 5.96. The van der Waals surface area contributed by atoms with Crippen molar-refractivity contribution in [2.24, 2.45) is 0 Å². The summed E-state index contributed by atoms with van der Waals surface area (Å²) in [5.74, 6) is -0.0856. The number of nitrogens with zero attached hydrogens (tertiary/aromatic N) is 1. The number of ether oxygens (including phenoxy) is 1. The van der Waals surface area contributed by atoms with Crippen molar-refractivity contribution < 1.29 is 9.53 Å². The van der Waals surface area contributed by atoms with Crippen LogP contribution in [-0.4, -0.2) is 30.1 Å². The van der Waals surface area contributed by atoms with Crippen molar-refractivity contribution >= 4 is 22.9 Å². The second-order valence-corrected chi connectivity index (χ2v) is 8.43. The van der Waals surface area contributed by atoms with E-state index in [2.05, 4.69) is 39.9 Å². The van der Waals surface area contributed by atoms with Crippen LogP contribution in [0.2, 0.25) is 0 Å². The third-order valence-electron chi connectivity index (χ3n) is 5.10. The van der Waals surface area contributed by atoms with Crippen molar-refractivity contribution in [1.29, 1.82) is 0 Å². The second-order valence-electron chi connectivity index (χ2n) is 7.40. The molecule has 3 aromatic rings. The number of anilines is 1. The summed E-state index contributed by atoms with van der Waals surface area (Å²) >= 11 is 1.79. The largest absolute Gasteiger partial charge is 0.377 e. The average molecular weight is 407 g/mol. The van der Waals surface area contributed by atoms with Gasteiger partial charge in [0.1, 0.15) is 0 Å². The molecule has 2 heterocycles. The molecule has 29 heavy (non-hydrogen) atoms. The Labute approximate surface area is 176 Å². The van der Waals surface area contributed by atoms with Crippen LogP contribution in [0.1, 0.15) is 33.6 Å². The van der Waals surface area contributed by atoms with Crippen molar-refractivity contribution in [3.63, 3.8) is 0 Å². The molecule has 1 N–H and O–H groups in total. The van der Waals surface area contributed by atoms with Gasteiger partial charge in [0, 0.05) is 42.4 Å². The lowest BCUT2D eigenvalue weighted by atomic mass is 10.1. The fraction of sp³-hybridized carbons (Fsp3) is 0.292. The van der Waals surface area contributed by atoms with Crippen molar-refractivity contribution in [3.8, 4) is 0 Å². The number of hydrogen-bond donors (Lipinski definition) is 1. The molecule has 1 aliphatic rings. The Kier molecular flexibility index (Phi) is 6.72. The molecule has 4 nitrogen and oxygen atoms in total. The molecule has 4 rings (SSSR count). The topological polar surface area (TPSA) is 41.6 Å². The molecule has 0 aliphatic carbocycles. The maximum absolute atomic E-state index is 12.5. The fourth-order valence-electron chi connectivity index (χ4n) is 3.63. The zero-order valence-electron chi connectivity index (χ0n) is 16.4. The minimum absolute atomic E-state index is 0.0856. The van der Waals surface area contributed by atoms with E-state index in [0.717, 1.165) is 44.8 Å². The van der Waals surface area contributed by atoms with Crippen LogP contribution in [0, 0.1) is 0 Å². The van der Waals surface area contributed by atoms with Gasteiger partial charge in [-0.25, -0.2) is 0 Å². The van der Waals surface area contributed by atoms with E-state index in [0.29, 0.717) is 11.7 Å². The van der Waals surface area contributed by atoms with E-state index in [1.165, 1.54) is 10.4 Å². The van der Waals surface area contributed by atoms with E-state index < -0.39 is 0 Å². The lowest BCUT2D eigenvalue weighted by Gasteiger charge is -2.25. The Balaban J connectivity index is 1.39. The smallest absolute Gasteiger partial charge is 0.255 e. The van der Waals surface area contributed by atoms with E-state index in [4.69, 9.17) is 4.74 Å². The summed E-state index contributed by atoms with van der Waals surface area (Å²) < 4.78 is 5.86. The number of rotatable bonds is 8. The van der Waals surface area contributed by atoms with Crippen LogP contribution < -0.4 is 5.32 Å². The van der Waals surface area contributed by atoms with Gasteiger partial charge in [-0.2, -0.15) is 0 Å². The van der Waals surface area contributed by atoms with Crippen molar-refractivity contribution in [2.45, 2.75) is 32.0 Å². The fourth-order valence-corrected chi connectivity index (χ4v) is 4.37. The highest BCUT2D eigenvalue weighted by atomic mass is 32.1. The minimum Gasteiger partial charge on any atom is -0.377 e. The molecule has 1 amide bonds. The summed E-state index contributed by atoms with van der Waals surface area (Å²) in [6.07, 6.45) is 2.62. The van der Waals surface area contributed by atoms with Crippen LogP contribution in [-0.2, 0) is 17.8 Å². The van der Waals surface area contributed by atoms with Crippen LogP contribution in [0.3, 0.4) is 0 Å². The number of thiophene rings is 1. The third kappa shape index (κ3) is 5.76. The monoisotopic (exact) mass is 406 g/mol. The van der Waals surface area contributed by atoms with E-state index in [-0.39, 0.29) is 5.91 Å². The number of carbonyl (C=O) groups is 1. The lowest BCUT2D eigenvalue weighted by molar-refractivity contribution is 0.0682. The molecule has 0 bridgehead atoms. The molecule has 0 spiro atoms. The van der Waals surface area contributed by atoms with Gasteiger partial charge in [-0.1, -0.05) is 36.4 Å². The quantitative estimate of drug-likeness (QED) is 0.560. The standard InChI is InChI=1S/C24H26N2O2S/c27-24(25-21-6-2-1-3-7-21)20-12-10-19(11-13-20)16-26(17-22-8-4-14-28-22)18-23-9-5-15-29-23/h1-3,5-7,9-13,15,22H,4,8,14,16-18H2,(H,25,27). The van der Waals surface area contributed by atoms with Gasteiger partial charge in [0.25, 0.3) is 5.91 Å². The molecule has 1 unspecified atom stereocenters. The van der Waals surface area contributed by atoms with Gasteiger partial charge in [0.15, 0.2) is 0 Å². The van der Waals surface area contributed by atoms with Crippen LogP contribution in [0.5, 0.6) is 0 Å². The van der Waals surface area contributed by atoms with Gasteiger partial charge < -0.3 is 10.1 Å². The first-order valence-corrected chi connectivity index (χ1v) is 11.0. The molecule has 5 heteroatoms. The van der Waals surface area contributed by atoms with Gasteiger partial charge in [0.05, 0.1) is 6.10 Å². The van der Waals surface area contributed by atoms with Crippen LogP contribution in [0.4, 0.5) is 5.69 Å². The Morgan fingerprint density at radius 1 is 1.03 bits per heavy atom. The summed E-state index contributed by atoms with van der Waals surface area (Å²) in [5.41, 5.74) is 2.68. The molecule has 1 aliphatic heterocycles. The summed E-state index contributed by atoms with van der Waals surface area (Å²) in [4.78, 5) is 16.3. The zero-order chi connectivity index (χ0) is 19.9. The number of hydrogen-bond acceptors (Lipinski definition) is 4. The maximum atomic E-state index is 12.5. The number of para-hydroxylation sites is 1. The molecule has 0 saturated carbocycles. The van der Waals surface area contributed by atoms with E-state index in [1.807, 2.05) is 42.5 Å². The Bertz CT molecular complexity index is 888. The SMILES string of the molecule is O=C(Nc1ccccc1)c1ccc(CN(Cc2cccs2)CC2CCCO2)cc1. The van der Waals surface area contributed by atoms with Gasteiger partial charge in [0.2, 0.25) is 0 Å². The molecule has 150 valence electrons. The minimum atomic E-state index is -0.0856. The molecular formula is C24H26N2O2S. The number of carbonyl (C=O) groups excluding carboxylic acids is 1. The first kappa shape index (κ1) is 19.8. The van der Waals surface area contributed by atoms with Gasteiger partial charge in [-0.15, -0.1) is 11.3 Å². The molecule has 2 aromatic carbocycles. The van der Waals surface area contributed by atoms with E-state index >= 15 is 0 Å². The predicted octanol–water partition coefficient (Wildman–Crippen LogP) is 5.18. The summed E-state index contributed by atoms with van der Waals surface area (Å²) in [7, 11) is 0. The van der Waals surface area contributed by atoms with Crippen LogP contribution in [0.15, 0.2) is 72.1 Å². The number of amides is 1. The highest BCUT2D eigenvalue weighted by Crippen LogP contribution is 2.19. The van der Waals surface area contributed by atoms with Crippen molar-refractivity contribution in [3.05, 3.63) is 88.1 Å². The molecule has 1 saturated heterocycles. The van der Waals surface area contributed by atoms with E-state index in [9.17, 15) is 4.79 Å². The highest BCUT2D eigenvalue weighted by Gasteiger charge is 2.20. The lowest BCUT2D eigenvalue weighted by Crippen LogP contribution is -2.31. The summed E-state index contributed by atoms with van der Waals surface area (Å²) in [6, 6.07) is 21.7. The number of nitrogens with one attached hydrogen (secondary N) is 1. The average Bonchev–Trinajstić information content (AvgIpc) is 3.44. The first-order valence-electron chi connectivity index (χ1n) is 10.1. The zero-order valence-corrected chi connectivity index (χ0v) is 17.2. The molecular weight excluding hydrogens is 380 g/mol. The Morgan fingerprint density at radius 3 is 2.55 bits per heavy atom. The van der Waals surface area contributed by atoms with Crippen molar-refractivity contribution in [2.75, 3.05) is 18.5 Å². The molecule has 0 radical (unpaired) electrons. The normalized spacial score (nSPS) is 16.2. The highest BCUT2D eigenvalue weighted by molar-refractivity contribution is 7.09. The number of benzene rings is 2. The maximum Gasteiger partial charge on any atom is 0.255 e. The van der Waals surface area contributed by atoms with Gasteiger partial charge in [-0.3, -0.25) is 9.69 Å². The first-order chi connectivity index (χ1) is 14.3. The molecule has 1 aromatic heterocycles. The Hall–Kier alpha value is -2.47. The van der Waals surface area contributed by atoms with Gasteiger partial charge in [-0.05, 0) is 54.1 Å². The second kappa shape index (κ2) is 9.83. The Morgan fingerprint density at radius 2 is 1.86 bits per heavy atom. The summed E-state index contributed by atoms with van der Waals surface area (Å²) in [5, 5.41) is 5.06. The van der Waals surface area contributed by atoms with E-state index in [1.54, 1.807) is 11.3 Å². The van der Waals surface area contributed by atoms with Crippen LogP contribution >= 0.6 is 11.3 Å². The van der Waals surface area contributed by atoms with Gasteiger partial charge >= 0.3 is 0 Å². The predicted molar refractivity (Wildman–Crippen MR) is 118 cm³/mol. The molecule has 1 fully saturated rings. The van der Waals surface area contributed by atoms with Crippen LogP contribution in [0.25, 0.3) is 0 Å². The van der Waals surface area contributed by atoms with Crippen molar-refractivity contribution in [1.82, 2.24) is 4.90 Å². The molecule has 1 atom stereocenters. The summed E-state index contributed by atoms with van der Waals surface area (Å²) in [6.45, 7) is 3.59.